The molecule has 4 nitrogen and oxygen atoms in total. The molecule has 0 unspecified atom stereocenters. The largest absolute Gasteiger partial charge is 0.485 e. The maximum absolute atomic E-state index is 12.3. The molecule has 2 heterocycles. The third-order valence-electron chi connectivity index (χ3n) is 3.76. The summed E-state index contributed by atoms with van der Waals surface area (Å²) in [5.74, 6) is 3.67. The molecule has 2 aromatic carbocycles. The van der Waals surface area contributed by atoms with Gasteiger partial charge in [-0.1, -0.05) is 24.3 Å². The molecule has 1 atom stereocenters. The first-order chi connectivity index (χ1) is 11.8. The zero-order valence-electron chi connectivity index (χ0n) is 12.8. The van der Waals surface area contributed by atoms with Crippen molar-refractivity contribution in [1.29, 1.82) is 0 Å². The summed E-state index contributed by atoms with van der Waals surface area (Å²) >= 11 is 3.90. The molecule has 0 radical (unpaired) electrons. The number of para-hydroxylation sites is 2. The number of carbonyl (C=O) groups excluding carboxylic acids is 1. The maximum Gasteiger partial charge on any atom is 0.356 e. The van der Waals surface area contributed by atoms with Gasteiger partial charge in [-0.15, -0.1) is 23.5 Å². The first kappa shape index (κ1) is 15.7. The Morgan fingerprint density at radius 3 is 2.46 bits per heavy atom. The van der Waals surface area contributed by atoms with Crippen LogP contribution < -0.4 is 14.2 Å². The minimum atomic E-state index is -0.750. The Labute approximate surface area is 148 Å². The Balaban J connectivity index is 1.39. The highest BCUT2D eigenvalue weighted by atomic mass is 32.2. The molecule has 0 spiro atoms. The van der Waals surface area contributed by atoms with E-state index in [-0.39, 0.29) is 6.61 Å². The van der Waals surface area contributed by atoms with E-state index in [2.05, 4.69) is 0 Å². The first-order valence-electron chi connectivity index (χ1n) is 7.73. The van der Waals surface area contributed by atoms with E-state index in [1.807, 2.05) is 66.0 Å². The van der Waals surface area contributed by atoms with Crippen molar-refractivity contribution < 1.29 is 19.0 Å². The predicted molar refractivity (Wildman–Crippen MR) is 96.1 cm³/mol. The highest BCUT2D eigenvalue weighted by molar-refractivity contribution is 8.19. The molecule has 2 aromatic rings. The van der Waals surface area contributed by atoms with Gasteiger partial charge < -0.3 is 14.2 Å². The normalized spacial score (nSPS) is 19.9. The number of fused-ring (bicyclic) bond motifs is 1. The minimum Gasteiger partial charge on any atom is -0.485 e. The number of ether oxygens (including phenoxy) is 3. The Bertz CT molecular complexity index is 726. The van der Waals surface area contributed by atoms with Crippen molar-refractivity contribution in [2.24, 2.45) is 0 Å². The van der Waals surface area contributed by atoms with Gasteiger partial charge in [0.05, 0.1) is 4.58 Å². The fourth-order valence-corrected chi connectivity index (χ4v) is 5.42. The predicted octanol–water partition coefficient (Wildman–Crippen LogP) is 3.91. The van der Waals surface area contributed by atoms with Gasteiger partial charge >= 0.3 is 5.97 Å². The number of hydrogen-bond acceptors (Lipinski definition) is 6. The zero-order chi connectivity index (χ0) is 16.4. The summed E-state index contributed by atoms with van der Waals surface area (Å²) in [7, 11) is 0. The first-order valence-corrected chi connectivity index (χ1v) is 9.83. The van der Waals surface area contributed by atoms with E-state index in [4.69, 9.17) is 14.2 Å². The highest BCUT2D eigenvalue weighted by Crippen LogP contribution is 2.45. The Morgan fingerprint density at radius 2 is 1.71 bits per heavy atom. The highest BCUT2D eigenvalue weighted by Gasteiger charge is 2.29. The second kappa shape index (κ2) is 6.99. The van der Waals surface area contributed by atoms with Gasteiger partial charge in [0, 0.05) is 11.5 Å². The second-order valence-electron chi connectivity index (χ2n) is 5.43. The van der Waals surface area contributed by atoms with E-state index < -0.39 is 12.1 Å². The standard InChI is InChI=1S/C18H16O4S2/c19-17(16-11-20-14-3-1-2-4-15(14)22-16)21-13-7-5-12(6-8-13)18-23-9-10-24-18/h1-8,16,18H,9-11H2/t16-/m0/s1. The molecule has 0 aliphatic carbocycles. The number of rotatable bonds is 3. The van der Waals surface area contributed by atoms with Gasteiger partial charge in [0.2, 0.25) is 6.10 Å². The van der Waals surface area contributed by atoms with Gasteiger partial charge in [0.15, 0.2) is 11.5 Å². The van der Waals surface area contributed by atoms with Crippen LogP contribution in [-0.4, -0.2) is 30.2 Å². The van der Waals surface area contributed by atoms with Crippen LogP contribution in [0.15, 0.2) is 48.5 Å². The molecule has 124 valence electrons. The molecule has 0 N–H and O–H groups in total. The fraction of sp³-hybridized carbons (Fsp3) is 0.278. The van der Waals surface area contributed by atoms with Gasteiger partial charge in [-0.25, -0.2) is 4.79 Å². The summed E-state index contributed by atoms with van der Waals surface area (Å²) in [5, 5.41) is 0. The lowest BCUT2D eigenvalue weighted by molar-refractivity contribution is -0.144. The summed E-state index contributed by atoms with van der Waals surface area (Å²) in [6.45, 7) is 0.156. The lowest BCUT2D eigenvalue weighted by Crippen LogP contribution is -2.39. The van der Waals surface area contributed by atoms with Crippen molar-refractivity contribution in [2.45, 2.75) is 10.7 Å². The van der Waals surface area contributed by atoms with Crippen molar-refractivity contribution in [3.8, 4) is 17.2 Å². The van der Waals surface area contributed by atoms with Gasteiger partial charge in [-0.3, -0.25) is 0 Å². The van der Waals surface area contributed by atoms with Crippen molar-refractivity contribution in [3.63, 3.8) is 0 Å². The Morgan fingerprint density at radius 1 is 1.00 bits per heavy atom. The molecule has 1 fully saturated rings. The van der Waals surface area contributed by atoms with E-state index in [9.17, 15) is 4.79 Å². The topological polar surface area (TPSA) is 44.8 Å². The van der Waals surface area contributed by atoms with Gasteiger partial charge in [0.25, 0.3) is 0 Å². The van der Waals surface area contributed by atoms with Gasteiger partial charge in [0.1, 0.15) is 12.4 Å². The number of thioether (sulfide) groups is 2. The lowest BCUT2D eigenvalue weighted by Gasteiger charge is -2.24. The number of hydrogen-bond donors (Lipinski definition) is 0. The molecule has 6 heteroatoms. The van der Waals surface area contributed by atoms with E-state index in [0.717, 1.165) is 0 Å². The van der Waals surface area contributed by atoms with Gasteiger partial charge in [-0.2, -0.15) is 0 Å². The van der Waals surface area contributed by atoms with Crippen LogP contribution in [0.1, 0.15) is 10.1 Å². The van der Waals surface area contributed by atoms with E-state index in [0.29, 0.717) is 21.8 Å². The molecule has 0 bridgehead atoms. The maximum atomic E-state index is 12.3. The minimum absolute atomic E-state index is 0.156. The van der Waals surface area contributed by atoms with Crippen molar-refractivity contribution >= 4 is 29.5 Å². The fourth-order valence-electron chi connectivity index (χ4n) is 2.56. The van der Waals surface area contributed by atoms with Crippen LogP contribution in [0.3, 0.4) is 0 Å². The van der Waals surface area contributed by atoms with Crippen LogP contribution in [0.5, 0.6) is 17.2 Å². The zero-order valence-corrected chi connectivity index (χ0v) is 14.5. The van der Waals surface area contributed by atoms with Crippen molar-refractivity contribution in [1.82, 2.24) is 0 Å². The number of carbonyl (C=O) groups is 1. The van der Waals surface area contributed by atoms with Crippen LogP contribution in [0.25, 0.3) is 0 Å². The molecule has 0 saturated carbocycles. The molecule has 24 heavy (non-hydrogen) atoms. The second-order valence-corrected chi connectivity index (χ2v) is 8.15. The molecule has 0 amide bonds. The van der Waals surface area contributed by atoms with Crippen LogP contribution in [-0.2, 0) is 4.79 Å². The molecule has 2 aliphatic rings. The van der Waals surface area contributed by atoms with Crippen LogP contribution in [0.4, 0.5) is 0 Å². The van der Waals surface area contributed by atoms with Crippen molar-refractivity contribution in [2.75, 3.05) is 18.1 Å². The number of esters is 1. The lowest BCUT2D eigenvalue weighted by atomic mass is 10.2. The summed E-state index contributed by atoms with van der Waals surface area (Å²) in [6.07, 6.45) is -0.750. The molecule has 1 saturated heterocycles. The Hall–Kier alpha value is -1.79. The third kappa shape index (κ3) is 3.35. The molecule has 4 rings (SSSR count). The number of benzene rings is 2. The van der Waals surface area contributed by atoms with Crippen LogP contribution >= 0.6 is 23.5 Å². The van der Waals surface area contributed by atoms with Crippen LogP contribution in [0.2, 0.25) is 0 Å². The molecule has 0 aromatic heterocycles. The van der Waals surface area contributed by atoms with Crippen LogP contribution in [0, 0.1) is 0 Å². The summed E-state index contributed by atoms with van der Waals surface area (Å²) in [5.41, 5.74) is 1.26. The summed E-state index contributed by atoms with van der Waals surface area (Å²) < 4.78 is 17.1. The third-order valence-corrected chi connectivity index (χ3v) is 6.87. The average molecular weight is 360 g/mol. The van der Waals surface area contributed by atoms with Crippen molar-refractivity contribution in [3.05, 3.63) is 54.1 Å². The van der Waals surface area contributed by atoms with E-state index in [1.165, 1.54) is 17.1 Å². The average Bonchev–Trinajstić information content (AvgIpc) is 3.16. The van der Waals surface area contributed by atoms with E-state index in [1.54, 1.807) is 6.07 Å². The molecule has 2 aliphatic heterocycles. The molecular formula is C18H16O4S2. The SMILES string of the molecule is O=C(Oc1ccc(C2SCCS2)cc1)[C@@H]1COc2ccccc2O1. The van der Waals surface area contributed by atoms with Gasteiger partial charge in [-0.05, 0) is 29.8 Å². The quantitative estimate of drug-likeness (QED) is 0.611. The molecular weight excluding hydrogens is 344 g/mol. The summed E-state index contributed by atoms with van der Waals surface area (Å²) in [4.78, 5) is 12.3. The Kier molecular flexibility index (Phi) is 4.58. The smallest absolute Gasteiger partial charge is 0.356 e. The van der Waals surface area contributed by atoms with E-state index >= 15 is 0 Å². The monoisotopic (exact) mass is 360 g/mol. The summed E-state index contributed by atoms with van der Waals surface area (Å²) in [6, 6.07) is 15.0.